The largest absolute Gasteiger partial charge is 0.507 e. The van der Waals surface area contributed by atoms with Gasteiger partial charge in [-0.3, -0.25) is 4.79 Å². The molecular formula is C19H14ClF3N4O2S. The fraction of sp³-hybridized carbons (Fsp3) is 0.105. The molecule has 0 aliphatic carbocycles. The van der Waals surface area contributed by atoms with E-state index < -0.39 is 17.6 Å². The molecule has 0 saturated heterocycles. The zero-order valence-electron chi connectivity index (χ0n) is 15.1. The van der Waals surface area contributed by atoms with Crippen molar-refractivity contribution in [3.63, 3.8) is 0 Å². The number of anilines is 2. The monoisotopic (exact) mass is 454 g/mol. The lowest BCUT2D eigenvalue weighted by Crippen LogP contribution is -2.19. The van der Waals surface area contributed by atoms with Gasteiger partial charge in [0.15, 0.2) is 5.13 Å². The molecule has 0 atom stereocenters. The second-order valence-corrected chi connectivity index (χ2v) is 7.32. The number of phenolic OH excluding ortho intramolecular Hbond substituents is 1. The lowest BCUT2D eigenvalue weighted by molar-refractivity contribution is -0.137. The number of alkyl halides is 3. The highest BCUT2D eigenvalue weighted by atomic mass is 35.5. The van der Waals surface area contributed by atoms with Gasteiger partial charge in [-0.05, 0) is 36.4 Å². The van der Waals surface area contributed by atoms with E-state index in [-0.39, 0.29) is 17.9 Å². The molecule has 1 amide bonds. The molecule has 11 heteroatoms. The summed E-state index contributed by atoms with van der Waals surface area (Å²) in [5.41, 5.74) is 2.53. The molecule has 3 N–H and O–H groups in total. The highest BCUT2D eigenvalue weighted by molar-refractivity contribution is 7.13. The van der Waals surface area contributed by atoms with Crippen LogP contribution in [0.15, 0.2) is 52.9 Å². The fourth-order valence-corrected chi connectivity index (χ4v) is 3.26. The second-order valence-electron chi connectivity index (χ2n) is 6.02. The van der Waals surface area contributed by atoms with Gasteiger partial charge in [-0.1, -0.05) is 17.7 Å². The minimum absolute atomic E-state index is 0.0396. The maximum atomic E-state index is 12.8. The molecule has 0 fully saturated rings. The summed E-state index contributed by atoms with van der Waals surface area (Å²) in [5, 5.41) is 18.6. The Labute approximate surface area is 178 Å². The van der Waals surface area contributed by atoms with Crippen LogP contribution >= 0.6 is 22.9 Å². The van der Waals surface area contributed by atoms with Crippen LogP contribution in [0.25, 0.3) is 0 Å². The Kier molecular flexibility index (Phi) is 6.58. The Morgan fingerprint density at radius 3 is 2.83 bits per heavy atom. The molecular weight excluding hydrogens is 441 g/mol. The van der Waals surface area contributed by atoms with Crippen LogP contribution in [-0.4, -0.2) is 22.2 Å². The molecule has 0 radical (unpaired) electrons. The molecule has 1 heterocycles. The average Bonchev–Trinajstić information content (AvgIpc) is 3.10. The van der Waals surface area contributed by atoms with E-state index in [1.54, 1.807) is 5.38 Å². The number of aromatic nitrogens is 1. The molecule has 0 spiro atoms. The van der Waals surface area contributed by atoms with E-state index in [0.29, 0.717) is 21.4 Å². The van der Waals surface area contributed by atoms with Crippen molar-refractivity contribution in [3.05, 3.63) is 69.7 Å². The highest BCUT2D eigenvalue weighted by Gasteiger charge is 2.30. The SMILES string of the molecule is O=C(Cc1csc(Nc2cccc(C(F)(F)F)c2)n1)N/N=C\c1cc(Cl)ccc1O. The predicted molar refractivity (Wildman–Crippen MR) is 109 cm³/mol. The Hall–Kier alpha value is -3.11. The standard InChI is InChI=1S/C19H14ClF3N4O2S/c20-13-4-5-16(28)11(6-13)9-24-27-17(29)8-15-10-30-18(26-15)25-14-3-1-2-12(7-14)19(21,22)23/h1-7,9-10,28H,8H2,(H,25,26)(H,27,29)/b24-9-. The Morgan fingerprint density at radius 1 is 1.27 bits per heavy atom. The lowest BCUT2D eigenvalue weighted by Gasteiger charge is -2.08. The first-order valence-corrected chi connectivity index (χ1v) is 9.65. The Bertz CT molecular complexity index is 1090. The zero-order valence-corrected chi connectivity index (χ0v) is 16.6. The van der Waals surface area contributed by atoms with Gasteiger partial charge in [0.25, 0.3) is 0 Å². The van der Waals surface area contributed by atoms with Crippen LogP contribution in [-0.2, 0) is 17.4 Å². The number of carbonyl (C=O) groups excluding carboxylic acids is 1. The van der Waals surface area contributed by atoms with E-state index in [9.17, 15) is 23.1 Å². The summed E-state index contributed by atoms with van der Waals surface area (Å²) in [4.78, 5) is 16.2. The minimum Gasteiger partial charge on any atom is -0.507 e. The summed E-state index contributed by atoms with van der Waals surface area (Å²) in [6.07, 6.45) is -3.27. The van der Waals surface area contributed by atoms with Gasteiger partial charge in [-0.25, -0.2) is 10.4 Å². The van der Waals surface area contributed by atoms with Crippen LogP contribution in [0.5, 0.6) is 5.75 Å². The number of phenols is 1. The molecule has 6 nitrogen and oxygen atoms in total. The first-order valence-electron chi connectivity index (χ1n) is 8.40. The summed E-state index contributed by atoms with van der Waals surface area (Å²) in [6.45, 7) is 0. The highest BCUT2D eigenvalue weighted by Crippen LogP contribution is 2.31. The number of aromatic hydroxyl groups is 1. The molecule has 0 bridgehead atoms. The molecule has 3 aromatic rings. The van der Waals surface area contributed by atoms with E-state index >= 15 is 0 Å². The molecule has 1 aromatic heterocycles. The van der Waals surface area contributed by atoms with Gasteiger partial charge < -0.3 is 10.4 Å². The van der Waals surface area contributed by atoms with E-state index in [2.05, 4.69) is 20.8 Å². The molecule has 0 aliphatic rings. The maximum Gasteiger partial charge on any atom is 0.416 e. The summed E-state index contributed by atoms with van der Waals surface area (Å²) in [5.74, 6) is -0.495. The number of halogens is 4. The van der Waals surface area contributed by atoms with Gasteiger partial charge in [-0.2, -0.15) is 18.3 Å². The lowest BCUT2D eigenvalue weighted by atomic mass is 10.2. The molecule has 2 aromatic carbocycles. The van der Waals surface area contributed by atoms with Crippen LogP contribution in [0.4, 0.5) is 24.0 Å². The third-order valence-electron chi connectivity index (χ3n) is 3.72. The number of amides is 1. The number of nitrogens with zero attached hydrogens (tertiary/aromatic N) is 2. The Balaban J connectivity index is 1.57. The third-order valence-corrected chi connectivity index (χ3v) is 4.76. The van der Waals surface area contributed by atoms with Crippen molar-refractivity contribution in [1.82, 2.24) is 10.4 Å². The van der Waals surface area contributed by atoms with E-state index in [4.69, 9.17) is 11.6 Å². The van der Waals surface area contributed by atoms with Crippen LogP contribution in [0.3, 0.4) is 0 Å². The molecule has 30 heavy (non-hydrogen) atoms. The van der Waals surface area contributed by atoms with Crippen molar-refractivity contribution >= 4 is 45.9 Å². The number of thiazole rings is 1. The third kappa shape index (κ3) is 5.94. The van der Waals surface area contributed by atoms with Crippen molar-refractivity contribution in [2.45, 2.75) is 12.6 Å². The average molecular weight is 455 g/mol. The van der Waals surface area contributed by atoms with Crippen LogP contribution < -0.4 is 10.7 Å². The zero-order chi connectivity index (χ0) is 21.7. The summed E-state index contributed by atoms with van der Waals surface area (Å²) in [7, 11) is 0. The van der Waals surface area contributed by atoms with Gasteiger partial charge in [0, 0.05) is 21.7 Å². The number of hydrogen-bond acceptors (Lipinski definition) is 6. The van der Waals surface area contributed by atoms with Crippen LogP contribution in [0, 0.1) is 0 Å². The summed E-state index contributed by atoms with van der Waals surface area (Å²) < 4.78 is 38.4. The maximum absolute atomic E-state index is 12.8. The number of nitrogens with one attached hydrogen (secondary N) is 2. The van der Waals surface area contributed by atoms with E-state index in [0.717, 1.165) is 23.5 Å². The Morgan fingerprint density at radius 2 is 2.07 bits per heavy atom. The fourth-order valence-electron chi connectivity index (χ4n) is 2.35. The topological polar surface area (TPSA) is 86.6 Å². The number of rotatable bonds is 6. The first-order chi connectivity index (χ1) is 14.2. The van der Waals surface area contributed by atoms with Crippen molar-refractivity contribution in [2.75, 3.05) is 5.32 Å². The molecule has 0 unspecified atom stereocenters. The van der Waals surface area contributed by atoms with Crippen molar-refractivity contribution in [2.24, 2.45) is 5.10 Å². The molecule has 3 rings (SSSR count). The van der Waals surface area contributed by atoms with Crippen LogP contribution in [0.2, 0.25) is 5.02 Å². The number of carbonyl (C=O) groups is 1. The van der Waals surface area contributed by atoms with E-state index in [1.165, 1.54) is 36.5 Å². The molecule has 156 valence electrons. The van der Waals surface area contributed by atoms with E-state index in [1.807, 2.05) is 0 Å². The van der Waals surface area contributed by atoms with Gasteiger partial charge >= 0.3 is 6.18 Å². The summed E-state index contributed by atoms with van der Waals surface area (Å²) in [6, 6.07) is 9.14. The van der Waals surface area contributed by atoms with Gasteiger partial charge in [-0.15, -0.1) is 11.3 Å². The number of hydrogen-bond donors (Lipinski definition) is 3. The van der Waals surface area contributed by atoms with Crippen molar-refractivity contribution in [3.8, 4) is 5.75 Å². The normalized spacial score (nSPS) is 11.6. The van der Waals surface area contributed by atoms with Crippen molar-refractivity contribution < 1.29 is 23.1 Å². The smallest absolute Gasteiger partial charge is 0.416 e. The number of hydrazone groups is 1. The summed E-state index contributed by atoms with van der Waals surface area (Å²) >= 11 is 6.98. The number of benzene rings is 2. The molecule has 0 aliphatic heterocycles. The predicted octanol–water partition coefficient (Wildman–Crippen LogP) is 4.96. The van der Waals surface area contributed by atoms with Crippen LogP contribution in [0.1, 0.15) is 16.8 Å². The molecule has 0 saturated carbocycles. The van der Waals surface area contributed by atoms with Crippen molar-refractivity contribution in [1.29, 1.82) is 0 Å². The van der Waals surface area contributed by atoms with Gasteiger partial charge in [0.1, 0.15) is 5.75 Å². The second kappa shape index (κ2) is 9.14. The van der Waals surface area contributed by atoms with Gasteiger partial charge in [0.05, 0.1) is 23.9 Å². The quantitative estimate of drug-likeness (QED) is 0.363. The first kappa shape index (κ1) is 21.6. The minimum atomic E-state index is -4.44. The van der Waals surface area contributed by atoms with Gasteiger partial charge in [0.2, 0.25) is 5.91 Å².